The molecule has 138 valence electrons. The molecule has 0 saturated heterocycles. The third kappa shape index (κ3) is 2.69. The molecule has 2 N–H and O–H groups in total. The van der Waals surface area contributed by atoms with Gasteiger partial charge in [0.05, 0.1) is 12.3 Å². The number of aromatic nitrogens is 4. The lowest BCUT2D eigenvalue weighted by Crippen LogP contribution is -2.50. The van der Waals surface area contributed by atoms with E-state index in [9.17, 15) is 9.59 Å². The molecule has 1 atom stereocenters. The average molecular weight is 366 g/mol. The Labute approximate surface area is 155 Å². The summed E-state index contributed by atoms with van der Waals surface area (Å²) in [6, 6.07) is 10.6. The summed E-state index contributed by atoms with van der Waals surface area (Å²) in [6.07, 6.45) is 0. The SMILES string of the molecule is CCOC(=O)C1=C(C)Nc2n3c(=O)cc(C)nc3[nH][n+]2C1c1ccccc1. The first-order chi connectivity index (χ1) is 13.0. The number of carbonyl (C=O) groups is 1. The fourth-order valence-corrected chi connectivity index (χ4v) is 3.44. The number of nitrogens with one attached hydrogen (secondary N) is 2. The van der Waals surface area contributed by atoms with Gasteiger partial charge in [-0.2, -0.15) is 0 Å². The molecule has 1 aromatic carbocycles. The zero-order chi connectivity index (χ0) is 19.1. The van der Waals surface area contributed by atoms with Gasteiger partial charge in [0.25, 0.3) is 0 Å². The predicted molar refractivity (Wildman–Crippen MR) is 98.3 cm³/mol. The Morgan fingerprint density at radius 2 is 2.04 bits per heavy atom. The van der Waals surface area contributed by atoms with E-state index in [2.05, 4.69) is 15.4 Å². The second kappa shape index (κ2) is 6.39. The van der Waals surface area contributed by atoms with Gasteiger partial charge in [0.15, 0.2) is 6.04 Å². The van der Waals surface area contributed by atoms with E-state index in [-0.39, 0.29) is 12.2 Å². The number of benzene rings is 1. The smallest absolute Gasteiger partial charge is 0.391 e. The first-order valence-electron chi connectivity index (χ1n) is 8.75. The van der Waals surface area contributed by atoms with Crippen LogP contribution in [0.2, 0.25) is 0 Å². The molecule has 2 aromatic heterocycles. The summed E-state index contributed by atoms with van der Waals surface area (Å²) < 4.78 is 8.50. The van der Waals surface area contributed by atoms with Crippen molar-refractivity contribution in [2.75, 3.05) is 11.9 Å². The molecule has 8 nitrogen and oxygen atoms in total. The molecule has 0 aliphatic carbocycles. The van der Waals surface area contributed by atoms with E-state index in [0.29, 0.717) is 28.7 Å². The molecule has 3 heterocycles. The van der Waals surface area contributed by atoms with Crippen LogP contribution in [-0.2, 0) is 9.53 Å². The highest BCUT2D eigenvalue weighted by molar-refractivity contribution is 5.91. The lowest BCUT2D eigenvalue weighted by molar-refractivity contribution is -0.745. The number of H-pyrrole nitrogens is 1. The molecule has 3 aromatic rings. The largest absolute Gasteiger partial charge is 0.462 e. The average Bonchev–Trinajstić information content (AvgIpc) is 2.99. The quantitative estimate of drug-likeness (QED) is 0.541. The number of esters is 1. The highest BCUT2D eigenvalue weighted by atomic mass is 16.5. The standard InChI is InChI=1S/C19H19N5O3/c1-4-27-17(26)15-12(3)21-19-23-14(25)10-11(2)20-18(23)22-24(19)16(15)13-8-6-5-7-9-13/h5-10,16H,4H2,1-3H3,(H,20,22,25)/p+1. The maximum absolute atomic E-state index is 12.7. The second-order valence-electron chi connectivity index (χ2n) is 6.40. The van der Waals surface area contributed by atoms with Gasteiger partial charge in [-0.1, -0.05) is 30.3 Å². The number of hydrogen-bond acceptors (Lipinski definition) is 5. The van der Waals surface area contributed by atoms with E-state index in [4.69, 9.17) is 4.74 Å². The molecule has 27 heavy (non-hydrogen) atoms. The van der Waals surface area contributed by atoms with Gasteiger partial charge in [-0.05, 0) is 26.3 Å². The van der Waals surface area contributed by atoms with E-state index >= 15 is 0 Å². The van der Waals surface area contributed by atoms with E-state index in [1.54, 1.807) is 25.5 Å². The number of nitrogens with zero attached hydrogens (tertiary/aromatic N) is 3. The second-order valence-corrected chi connectivity index (χ2v) is 6.40. The summed E-state index contributed by atoms with van der Waals surface area (Å²) in [5.41, 5.74) is 2.43. The van der Waals surface area contributed by atoms with Crippen molar-refractivity contribution in [1.29, 1.82) is 0 Å². The van der Waals surface area contributed by atoms with Crippen molar-refractivity contribution in [3.63, 3.8) is 0 Å². The van der Waals surface area contributed by atoms with Gasteiger partial charge < -0.3 is 4.74 Å². The minimum Gasteiger partial charge on any atom is -0.462 e. The number of ether oxygens (including phenoxy) is 1. The number of anilines is 1. The number of fused-ring (bicyclic) bond motifs is 3. The van der Waals surface area contributed by atoms with Crippen LogP contribution in [0.4, 0.5) is 5.95 Å². The Hall–Kier alpha value is -3.42. The van der Waals surface area contributed by atoms with Gasteiger partial charge in [0.2, 0.25) is 0 Å². The summed E-state index contributed by atoms with van der Waals surface area (Å²) in [5, 5.41) is 6.32. The van der Waals surface area contributed by atoms with E-state index in [1.807, 2.05) is 30.3 Å². The van der Waals surface area contributed by atoms with E-state index < -0.39 is 12.0 Å². The number of rotatable bonds is 3. The number of aryl methyl sites for hydroxylation is 1. The van der Waals surface area contributed by atoms with Crippen molar-refractivity contribution >= 4 is 17.7 Å². The molecule has 0 amide bonds. The maximum atomic E-state index is 12.7. The van der Waals surface area contributed by atoms with Crippen LogP contribution < -0.4 is 15.6 Å². The van der Waals surface area contributed by atoms with Crippen molar-refractivity contribution in [2.45, 2.75) is 26.8 Å². The van der Waals surface area contributed by atoms with Crippen LogP contribution >= 0.6 is 0 Å². The van der Waals surface area contributed by atoms with Gasteiger partial charge >= 0.3 is 23.3 Å². The topological polar surface area (TPSA) is 92.4 Å². The zero-order valence-electron chi connectivity index (χ0n) is 15.3. The van der Waals surface area contributed by atoms with E-state index in [1.165, 1.54) is 10.5 Å². The minimum atomic E-state index is -0.470. The monoisotopic (exact) mass is 366 g/mol. The molecule has 1 aliphatic heterocycles. The van der Waals surface area contributed by atoms with Crippen molar-refractivity contribution in [3.05, 3.63) is 69.3 Å². The van der Waals surface area contributed by atoms with Crippen LogP contribution in [-0.4, -0.2) is 27.1 Å². The Kier molecular flexibility index (Phi) is 4.02. The molecule has 0 saturated carbocycles. The van der Waals surface area contributed by atoms with Crippen molar-refractivity contribution in [3.8, 4) is 0 Å². The summed E-state index contributed by atoms with van der Waals surface area (Å²) in [6.45, 7) is 5.62. The lowest BCUT2D eigenvalue weighted by Gasteiger charge is -2.23. The summed E-state index contributed by atoms with van der Waals surface area (Å²) >= 11 is 0. The van der Waals surface area contributed by atoms with Gasteiger partial charge in [0, 0.05) is 11.8 Å². The van der Waals surface area contributed by atoms with Crippen LogP contribution in [0.1, 0.15) is 31.1 Å². The maximum Gasteiger partial charge on any atom is 0.391 e. The number of carbonyl (C=O) groups excluding carboxylic acids is 1. The Morgan fingerprint density at radius 3 is 2.74 bits per heavy atom. The normalized spacial score (nSPS) is 16.2. The van der Waals surface area contributed by atoms with Crippen LogP contribution in [0.5, 0.6) is 0 Å². The molecule has 0 fully saturated rings. The van der Waals surface area contributed by atoms with Gasteiger partial charge in [0.1, 0.15) is 5.57 Å². The van der Waals surface area contributed by atoms with Crippen LogP contribution in [0.3, 0.4) is 0 Å². The van der Waals surface area contributed by atoms with Gasteiger partial charge in [-0.3, -0.25) is 4.79 Å². The summed E-state index contributed by atoms with van der Waals surface area (Å²) in [4.78, 5) is 29.7. The highest BCUT2D eigenvalue weighted by Crippen LogP contribution is 2.30. The van der Waals surface area contributed by atoms with Crippen LogP contribution in [0.25, 0.3) is 5.78 Å². The molecule has 1 aliphatic rings. The number of allylic oxidation sites excluding steroid dienone is 1. The number of aromatic amines is 1. The fraction of sp³-hybridized carbons (Fsp3) is 0.263. The molecule has 0 bridgehead atoms. The zero-order valence-corrected chi connectivity index (χ0v) is 15.3. The van der Waals surface area contributed by atoms with Crippen molar-refractivity contribution < 1.29 is 14.2 Å². The lowest BCUT2D eigenvalue weighted by atomic mass is 9.96. The summed E-state index contributed by atoms with van der Waals surface area (Å²) in [5.74, 6) is 0.521. The number of hydrogen-bond donors (Lipinski definition) is 2. The summed E-state index contributed by atoms with van der Waals surface area (Å²) in [7, 11) is 0. The third-order valence-electron chi connectivity index (χ3n) is 4.55. The molecule has 1 unspecified atom stereocenters. The van der Waals surface area contributed by atoms with Crippen molar-refractivity contribution in [1.82, 2.24) is 14.5 Å². The molecule has 8 heteroatoms. The molecule has 4 rings (SSSR count). The predicted octanol–water partition coefficient (Wildman–Crippen LogP) is 1.47. The van der Waals surface area contributed by atoms with Crippen LogP contribution in [0, 0.1) is 6.92 Å². The highest BCUT2D eigenvalue weighted by Gasteiger charge is 2.40. The fourth-order valence-electron chi connectivity index (χ4n) is 3.44. The minimum absolute atomic E-state index is 0.200. The van der Waals surface area contributed by atoms with Crippen molar-refractivity contribution in [2.24, 2.45) is 0 Å². The Balaban J connectivity index is 2.01. The molecule has 0 spiro atoms. The first-order valence-corrected chi connectivity index (χ1v) is 8.75. The van der Waals surface area contributed by atoms with E-state index in [0.717, 1.165) is 5.56 Å². The molecule has 0 radical (unpaired) electrons. The molecular formula is C19H20N5O3+. The van der Waals surface area contributed by atoms with Gasteiger partial charge in [-0.15, -0.1) is 9.08 Å². The third-order valence-corrected chi connectivity index (χ3v) is 4.55. The first kappa shape index (κ1) is 17.0. The van der Waals surface area contributed by atoms with Gasteiger partial charge in [-0.25, -0.2) is 20.2 Å². The molecular weight excluding hydrogens is 346 g/mol. The van der Waals surface area contributed by atoms with Crippen LogP contribution in [0.15, 0.2) is 52.5 Å². The Bertz CT molecular complexity index is 1130. The Morgan fingerprint density at radius 1 is 1.30 bits per heavy atom.